The molecule has 8 heteroatoms. The number of aromatic nitrogens is 2. The Morgan fingerprint density at radius 3 is 2.38 bits per heavy atom. The van der Waals surface area contributed by atoms with Crippen molar-refractivity contribution < 1.29 is 13.2 Å². The minimum atomic E-state index is -3.77. The van der Waals surface area contributed by atoms with Crippen molar-refractivity contribution in [3.8, 4) is 5.69 Å². The summed E-state index contributed by atoms with van der Waals surface area (Å²) in [5.74, 6) is -0.224. The summed E-state index contributed by atoms with van der Waals surface area (Å²) in [7, 11) is -2.10. The van der Waals surface area contributed by atoms with E-state index < -0.39 is 10.0 Å². The van der Waals surface area contributed by atoms with Gasteiger partial charge in [0, 0.05) is 30.9 Å². The number of carbonyl (C=O) groups is 1. The molecule has 0 saturated heterocycles. The standard InChI is InChI=1S/C18H18N4O3S/c1-21(18(23)15-7-9-17(10-8-15)26(19,24)25)12-14-11-20-22(13-14)16-5-3-2-4-6-16/h2-11,13H,12H2,1H3,(H2,19,24,25). The molecule has 0 aliphatic carbocycles. The molecule has 0 atom stereocenters. The van der Waals surface area contributed by atoms with Crippen molar-refractivity contribution in [2.75, 3.05) is 7.05 Å². The average molecular weight is 370 g/mol. The maximum atomic E-state index is 12.5. The van der Waals surface area contributed by atoms with Gasteiger partial charge in [0.25, 0.3) is 5.91 Å². The Bertz CT molecular complexity index is 1010. The molecule has 0 spiro atoms. The SMILES string of the molecule is CN(Cc1cnn(-c2ccccc2)c1)C(=O)c1ccc(S(N)(=O)=O)cc1. The molecule has 3 aromatic rings. The molecule has 26 heavy (non-hydrogen) atoms. The van der Waals surface area contributed by atoms with Crippen LogP contribution in [0.25, 0.3) is 5.69 Å². The maximum absolute atomic E-state index is 12.5. The van der Waals surface area contributed by atoms with E-state index in [9.17, 15) is 13.2 Å². The Kier molecular flexibility index (Phi) is 4.88. The number of primary sulfonamides is 1. The van der Waals surface area contributed by atoms with Crippen LogP contribution in [0.5, 0.6) is 0 Å². The van der Waals surface area contributed by atoms with Gasteiger partial charge in [-0.25, -0.2) is 18.2 Å². The van der Waals surface area contributed by atoms with Gasteiger partial charge in [-0.1, -0.05) is 18.2 Å². The molecule has 0 bridgehead atoms. The second-order valence-corrected chi connectivity index (χ2v) is 7.42. The molecule has 0 fully saturated rings. The molecule has 2 N–H and O–H groups in total. The number of sulfonamides is 1. The molecule has 3 rings (SSSR count). The number of nitrogens with two attached hydrogens (primary N) is 1. The summed E-state index contributed by atoms with van der Waals surface area (Å²) in [6.45, 7) is 0.378. The van der Waals surface area contributed by atoms with Crippen LogP contribution in [-0.4, -0.2) is 36.1 Å². The molecule has 7 nitrogen and oxygen atoms in total. The molecule has 0 aliphatic rings. The van der Waals surface area contributed by atoms with Crippen molar-refractivity contribution in [3.05, 3.63) is 78.1 Å². The maximum Gasteiger partial charge on any atom is 0.253 e. The van der Waals surface area contributed by atoms with E-state index in [0.29, 0.717) is 12.1 Å². The molecule has 0 saturated carbocycles. The highest BCUT2D eigenvalue weighted by molar-refractivity contribution is 7.89. The Morgan fingerprint density at radius 2 is 1.77 bits per heavy atom. The number of benzene rings is 2. The smallest absolute Gasteiger partial charge is 0.253 e. The van der Waals surface area contributed by atoms with Crippen molar-refractivity contribution in [3.63, 3.8) is 0 Å². The van der Waals surface area contributed by atoms with Crippen molar-refractivity contribution in [2.24, 2.45) is 5.14 Å². The monoisotopic (exact) mass is 370 g/mol. The van der Waals surface area contributed by atoms with Crippen molar-refractivity contribution in [1.82, 2.24) is 14.7 Å². The Labute approximate surface area is 151 Å². The average Bonchev–Trinajstić information content (AvgIpc) is 3.09. The van der Waals surface area contributed by atoms with Gasteiger partial charge < -0.3 is 4.90 Å². The van der Waals surface area contributed by atoms with Crippen LogP contribution in [0.15, 0.2) is 71.9 Å². The summed E-state index contributed by atoms with van der Waals surface area (Å²) in [6.07, 6.45) is 3.57. The summed E-state index contributed by atoms with van der Waals surface area (Å²) in [6, 6.07) is 15.2. The molecule has 134 valence electrons. The lowest BCUT2D eigenvalue weighted by Gasteiger charge is -2.16. The number of para-hydroxylation sites is 1. The highest BCUT2D eigenvalue weighted by Crippen LogP contribution is 2.13. The molecule has 0 aliphatic heterocycles. The van der Waals surface area contributed by atoms with Gasteiger partial charge in [0.05, 0.1) is 16.8 Å². The van der Waals surface area contributed by atoms with Crippen LogP contribution in [0.3, 0.4) is 0 Å². The fraction of sp³-hybridized carbons (Fsp3) is 0.111. The van der Waals surface area contributed by atoms with E-state index in [-0.39, 0.29) is 10.8 Å². The second-order valence-electron chi connectivity index (χ2n) is 5.86. The number of rotatable bonds is 5. The molecule has 1 heterocycles. The molecule has 0 radical (unpaired) electrons. The van der Waals surface area contributed by atoms with Crippen LogP contribution in [0.4, 0.5) is 0 Å². The first kappa shape index (κ1) is 17.8. The summed E-state index contributed by atoms with van der Waals surface area (Å²) in [5, 5.41) is 9.37. The van der Waals surface area contributed by atoms with E-state index in [1.165, 1.54) is 29.2 Å². The summed E-state index contributed by atoms with van der Waals surface area (Å²) in [4.78, 5) is 14.0. The quantitative estimate of drug-likeness (QED) is 0.740. The van der Waals surface area contributed by atoms with Crippen LogP contribution in [-0.2, 0) is 16.6 Å². The molecule has 2 aromatic carbocycles. The largest absolute Gasteiger partial charge is 0.337 e. The van der Waals surface area contributed by atoms with Crippen LogP contribution in [0.1, 0.15) is 15.9 Å². The van der Waals surface area contributed by atoms with E-state index in [0.717, 1.165) is 11.3 Å². The molecule has 0 unspecified atom stereocenters. The van der Waals surface area contributed by atoms with E-state index in [2.05, 4.69) is 5.10 Å². The lowest BCUT2D eigenvalue weighted by molar-refractivity contribution is 0.0785. The summed E-state index contributed by atoms with van der Waals surface area (Å²) < 4.78 is 24.3. The van der Waals surface area contributed by atoms with E-state index in [1.54, 1.807) is 17.9 Å². The van der Waals surface area contributed by atoms with Gasteiger partial charge in [0.2, 0.25) is 10.0 Å². The Hall–Kier alpha value is -2.97. The highest BCUT2D eigenvalue weighted by Gasteiger charge is 2.15. The minimum absolute atomic E-state index is 0.0270. The predicted molar refractivity (Wildman–Crippen MR) is 97.2 cm³/mol. The zero-order valence-electron chi connectivity index (χ0n) is 14.1. The normalized spacial score (nSPS) is 11.3. The van der Waals surface area contributed by atoms with Crippen LogP contribution in [0, 0.1) is 0 Å². The fourth-order valence-electron chi connectivity index (χ4n) is 2.52. The van der Waals surface area contributed by atoms with Gasteiger partial charge in [0.15, 0.2) is 0 Å². The Morgan fingerprint density at radius 1 is 1.12 bits per heavy atom. The second kappa shape index (κ2) is 7.11. The minimum Gasteiger partial charge on any atom is -0.337 e. The molecular formula is C18H18N4O3S. The van der Waals surface area contributed by atoms with Gasteiger partial charge in [-0.05, 0) is 36.4 Å². The zero-order chi connectivity index (χ0) is 18.7. The van der Waals surface area contributed by atoms with E-state index in [1.807, 2.05) is 36.5 Å². The van der Waals surface area contributed by atoms with Gasteiger partial charge in [0.1, 0.15) is 0 Å². The van der Waals surface area contributed by atoms with Gasteiger partial charge in [-0.2, -0.15) is 5.10 Å². The first-order valence-electron chi connectivity index (χ1n) is 7.82. The summed E-state index contributed by atoms with van der Waals surface area (Å²) >= 11 is 0. The third-order valence-electron chi connectivity index (χ3n) is 3.85. The van der Waals surface area contributed by atoms with Gasteiger partial charge in [-0.3, -0.25) is 4.79 Å². The molecular weight excluding hydrogens is 352 g/mol. The van der Waals surface area contributed by atoms with Crippen molar-refractivity contribution in [2.45, 2.75) is 11.4 Å². The van der Waals surface area contributed by atoms with Gasteiger partial charge >= 0.3 is 0 Å². The number of amides is 1. The van der Waals surface area contributed by atoms with Crippen LogP contribution < -0.4 is 5.14 Å². The van der Waals surface area contributed by atoms with Gasteiger partial charge in [-0.15, -0.1) is 0 Å². The molecule has 1 amide bonds. The summed E-state index contributed by atoms with van der Waals surface area (Å²) in [5.41, 5.74) is 2.20. The van der Waals surface area contributed by atoms with E-state index >= 15 is 0 Å². The third kappa shape index (κ3) is 3.98. The van der Waals surface area contributed by atoms with Crippen LogP contribution in [0.2, 0.25) is 0 Å². The fourth-order valence-corrected chi connectivity index (χ4v) is 3.03. The topological polar surface area (TPSA) is 98.3 Å². The zero-order valence-corrected chi connectivity index (χ0v) is 14.9. The number of hydrogen-bond acceptors (Lipinski definition) is 4. The lowest BCUT2D eigenvalue weighted by atomic mass is 10.2. The molecule has 1 aromatic heterocycles. The highest BCUT2D eigenvalue weighted by atomic mass is 32.2. The lowest BCUT2D eigenvalue weighted by Crippen LogP contribution is -2.26. The Balaban J connectivity index is 1.71. The van der Waals surface area contributed by atoms with Crippen molar-refractivity contribution >= 4 is 15.9 Å². The number of nitrogens with zero attached hydrogens (tertiary/aromatic N) is 3. The first-order valence-corrected chi connectivity index (χ1v) is 9.36. The number of hydrogen-bond donors (Lipinski definition) is 1. The predicted octanol–water partition coefficient (Wildman–Crippen LogP) is 1.79. The van der Waals surface area contributed by atoms with E-state index in [4.69, 9.17) is 5.14 Å². The van der Waals surface area contributed by atoms with Crippen LogP contribution >= 0.6 is 0 Å². The third-order valence-corrected chi connectivity index (χ3v) is 4.78. The first-order chi connectivity index (χ1) is 12.3. The number of carbonyl (C=O) groups excluding carboxylic acids is 1. The van der Waals surface area contributed by atoms with Crippen molar-refractivity contribution in [1.29, 1.82) is 0 Å².